The molecule has 146 valence electrons. The van der Waals surface area contributed by atoms with Crippen molar-refractivity contribution in [3.8, 4) is 11.5 Å². The quantitative estimate of drug-likeness (QED) is 0.652. The number of benzene rings is 2. The van der Waals surface area contributed by atoms with Crippen molar-refractivity contribution in [3.05, 3.63) is 58.9 Å². The molecule has 1 heterocycles. The first kappa shape index (κ1) is 19.3. The first-order valence-corrected chi connectivity index (χ1v) is 8.84. The molecule has 3 rings (SSSR count). The smallest absolute Gasteiger partial charge is 0.235 e. The summed E-state index contributed by atoms with van der Waals surface area (Å²) in [5, 5.41) is 17.0. The number of H-pyrrole nitrogens is 1. The average molecular weight is 381 g/mol. The Morgan fingerprint density at radius 3 is 2.57 bits per heavy atom. The molecule has 28 heavy (non-hydrogen) atoms. The Balaban J connectivity index is 1.90. The number of aromatic nitrogens is 4. The summed E-state index contributed by atoms with van der Waals surface area (Å²) in [5.41, 5.74) is 3.79. The Hall–Kier alpha value is -3.42. The number of hydrogen-bond donors (Lipinski definition) is 2. The molecule has 0 bridgehead atoms. The highest BCUT2D eigenvalue weighted by Crippen LogP contribution is 2.29. The standard InChI is InChI=1S/C20H23N5O3/c1-12-5-6-15(9-13(12)2)21-20(26)17(19-22-24-25-23-19)11-14-10-16(27-3)7-8-18(14)28-4/h5-10,17H,11H2,1-4H3,(H,21,26)(H,22,23,24,25)/t17-/m0/s1. The molecule has 0 saturated heterocycles. The van der Waals surface area contributed by atoms with Gasteiger partial charge in [-0.2, -0.15) is 5.21 Å². The predicted molar refractivity (Wildman–Crippen MR) is 105 cm³/mol. The van der Waals surface area contributed by atoms with Crippen LogP contribution in [0.2, 0.25) is 0 Å². The van der Waals surface area contributed by atoms with Crippen molar-refractivity contribution in [2.45, 2.75) is 26.2 Å². The normalized spacial score (nSPS) is 11.7. The maximum atomic E-state index is 13.1. The SMILES string of the molecule is COc1ccc(OC)c(C[C@H](C(=O)Nc2ccc(C)c(C)c2)c2nn[nH]n2)c1. The van der Waals surface area contributed by atoms with Gasteiger partial charge in [-0.05, 0) is 67.3 Å². The van der Waals surface area contributed by atoms with Crippen molar-refractivity contribution >= 4 is 11.6 Å². The third kappa shape index (κ3) is 4.28. The molecule has 8 heteroatoms. The minimum atomic E-state index is -0.652. The minimum Gasteiger partial charge on any atom is -0.497 e. The number of aromatic amines is 1. The number of amides is 1. The first-order chi connectivity index (χ1) is 13.5. The molecule has 0 aliphatic carbocycles. The number of anilines is 1. The van der Waals surface area contributed by atoms with E-state index in [2.05, 4.69) is 25.9 Å². The number of aryl methyl sites for hydroxylation is 2. The van der Waals surface area contributed by atoms with E-state index in [0.717, 1.165) is 22.4 Å². The van der Waals surface area contributed by atoms with Gasteiger partial charge < -0.3 is 14.8 Å². The summed E-state index contributed by atoms with van der Waals surface area (Å²) in [7, 11) is 3.18. The van der Waals surface area contributed by atoms with Crippen molar-refractivity contribution in [2.75, 3.05) is 19.5 Å². The van der Waals surface area contributed by atoms with E-state index in [9.17, 15) is 4.79 Å². The third-order valence-corrected chi connectivity index (χ3v) is 4.68. The molecule has 8 nitrogen and oxygen atoms in total. The molecular formula is C20H23N5O3. The lowest BCUT2D eigenvalue weighted by atomic mass is 9.96. The number of ether oxygens (including phenoxy) is 2. The van der Waals surface area contributed by atoms with Crippen molar-refractivity contribution in [1.82, 2.24) is 20.6 Å². The van der Waals surface area contributed by atoms with Crippen molar-refractivity contribution in [2.24, 2.45) is 0 Å². The van der Waals surface area contributed by atoms with Gasteiger partial charge in [-0.1, -0.05) is 11.3 Å². The zero-order valence-electron chi connectivity index (χ0n) is 16.3. The second-order valence-electron chi connectivity index (χ2n) is 6.49. The van der Waals surface area contributed by atoms with Gasteiger partial charge in [0.2, 0.25) is 5.91 Å². The van der Waals surface area contributed by atoms with E-state index in [0.29, 0.717) is 23.7 Å². The Labute approximate surface area is 163 Å². The lowest BCUT2D eigenvalue weighted by molar-refractivity contribution is -0.117. The number of nitrogens with zero attached hydrogens (tertiary/aromatic N) is 3. The van der Waals surface area contributed by atoms with Crippen molar-refractivity contribution in [1.29, 1.82) is 0 Å². The summed E-state index contributed by atoms with van der Waals surface area (Å²) < 4.78 is 10.7. The highest BCUT2D eigenvalue weighted by molar-refractivity contribution is 5.95. The van der Waals surface area contributed by atoms with Gasteiger partial charge in [0, 0.05) is 5.69 Å². The Bertz CT molecular complexity index is 956. The zero-order chi connectivity index (χ0) is 20.1. The molecule has 0 aliphatic heterocycles. The average Bonchev–Trinajstić information content (AvgIpc) is 3.23. The van der Waals surface area contributed by atoms with Crippen LogP contribution in [0.3, 0.4) is 0 Å². The fourth-order valence-electron chi connectivity index (χ4n) is 2.93. The van der Waals surface area contributed by atoms with Crippen LogP contribution < -0.4 is 14.8 Å². The summed E-state index contributed by atoms with van der Waals surface area (Å²) in [4.78, 5) is 13.1. The molecule has 0 radical (unpaired) electrons. The summed E-state index contributed by atoms with van der Waals surface area (Å²) in [6.07, 6.45) is 0.330. The Kier molecular flexibility index (Phi) is 5.88. The van der Waals surface area contributed by atoms with Gasteiger partial charge in [-0.25, -0.2) is 0 Å². The maximum absolute atomic E-state index is 13.1. The van der Waals surface area contributed by atoms with Gasteiger partial charge in [-0.15, -0.1) is 10.2 Å². The summed E-state index contributed by atoms with van der Waals surface area (Å²) in [6, 6.07) is 11.2. The summed E-state index contributed by atoms with van der Waals surface area (Å²) in [5.74, 6) is 0.771. The van der Waals surface area contributed by atoms with Gasteiger partial charge in [-0.3, -0.25) is 4.79 Å². The first-order valence-electron chi connectivity index (χ1n) is 8.84. The number of nitrogens with one attached hydrogen (secondary N) is 2. The molecule has 0 aliphatic rings. The minimum absolute atomic E-state index is 0.227. The summed E-state index contributed by atoms with van der Waals surface area (Å²) in [6.45, 7) is 4.03. The number of methoxy groups -OCH3 is 2. The van der Waals surface area contributed by atoms with E-state index in [4.69, 9.17) is 9.47 Å². The van der Waals surface area contributed by atoms with E-state index in [1.807, 2.05) is 44.2 Å². The van der Waals surface area contributed by atoms with Crippen LogP contribution in [0.1, 0.15) is 28.4 Å². The highest BCUT2D eigenvalue weighted by Gasteiger charge is 2.27. The summed E-state index contributed by atoms with van der Waals surface area (Å²) >= 11 is 0. The molecule has 2 N–H and O–H groups in total. The van der Waals surface area contributed by atoms with Crippen LogP contribution >= 0.6 is 0 Å². The van der Waals surface area contributed by atoms with Gasteiger partial charge in [0.1, 0.15) is 17.4 Å². The van der Waals surface area contributed by atoms with Gasteiger partial charge in [0.15, 0.2) is 5.82 Å². The molecule has 0 saturated carbocycles. The van der Waals surface area contributed by atoms with E-state index in [1.54, 1.807) is 20.3 Å². The van der Waals surface area contributed by atoms with Crippen LogP contribution in [0.5, 0.6) is 11.5 Å². The Morgan fingerprint density at radius 2 is 1.93 bits per heavy atom. The molecule has 0 fully saturated rings. The highest BCUT2D eigenvalue weighted by atomic mass is 16.5. The molecule has 2 aromatic carbocycles. The van der Waals surface area contributed by atoms with E-state index in [-0.39, 0.29) is 5.91 Å². The molecule has 3 aromatic rings. The van der Waals surface area contributed by atoms with Crippen molar-refractivity contribution in [3.63, 3.8) is 0 Å². The van der Waals surface area contributed by atoms with Crippen molar-refractivity contribution < 1.29 is 14.3 Å². The molecule has 0 spiro atoms. The Morgan fingerprint density at radius 1 is 1.11 bits per heavy atom. The van der Waals surface area contributed by atoms with Crippen LogP contribution in [-0.2, 0) is 11.2 Å². The topological polar surface area (TPSA) is 102 Å². The van der Waals surface area contributed by atoms with E-state index < -0.39 is 5.92 Å². The second-order valence-corrected chi connectivity index (χ2v) is 6.49. The van der Waals surface area contributed by atoms with Gasteiger partial charge in [0.05, 0.1) is 14.2 Å². The fourth-order valence-corrected chi connectivity index (χ4v) is 2.93. The fraction of sp³-hybridized carbons (Fsp3) is 0.300. The maximum Gasteiger partial charge on any atom is 0.235 e. The monoisotopic (exact) mass is 381 g/mol. The lowest BCUT2D eigenvalue weighted by Gasteiger charge is -2.17. The molecule has 1 amide bonds. The van der Waals surface area contributed by atoms with Crippen LogP contribution in [0, 0.1) is 13.8 Å². The third-order valence-electron chi connectivity index (χ3n) is 4.68. The van der Waals surface area contributed by atoms with E-state index >= 15 is 0 Å². The molecule has 1 aromatic heterocycles. The zero-order valence-corrected chi connectivity index (χ0v) is 16.3. The largest absolute Gasteiger partial charge is 0.497 e. The number of rotatable bonds is 7. The van der Waals surface area contributed by atoms with E-state index in [1.165, 1.54) is 0 Å². The van der Waals surface area contributed by atoms with Crippen LogP contribution in [-0.4, -0.2) is 40.8 Å². The van der Waals surface area contributed by atoms with Crippen LogP contribution in [0.25, 0.3) is 0 Å². The number of carbonyl (C=O) groups is 1. The second kappa shape index (κ2) is 8.51. The van der Waals surface area contributed by atoms with Crippen LogP contribution in [0.4, 0.5) is 5.69 Å². The number of carbonyl (C=O) groups excluding carboxylic acids is 1. The lowest BCUT2D eigenvalue weighted by Crippen LogP contribution is -2.24. The van der Waals surface area contributed by atoms with Gasteiger partial charge >= 0.3 is 0 Å². The number of hydrogen-bond acceptors (Lipinski definition) is 6. The molecule has 0 unspecified atom stereocenters. The number of tetrazole rings is 1. The van der Waals surface area contributed by atoms with Gasteiger partial charge in [0.25, 0.3) is 0 Å². The van der Waals surface area contributed by atoms with Crippen LogP contribution in [0.15, 0.2) is 36.4 Å². The molecular weight excluding hydrogens is 358 g/mol. The molecule has 1 atom stereocenters. The predicted octanol–water partition coefficient (Wildman–Crippen LogP) is 2.80.